The molecular formula is C24H29NO4S. The van der Waals surface area contributed by atoms with Crippen LogP contribution in [0.1, 0.15) is 55.0 Å². The molecule has 1 aliphatic carbocycles. The van der Waals surface area contributed by atoms with Crippen molar-refractivity contribution in [2.75, 3.05) is 6.26 Å². The van der Waals surface area contributed by atoms with Crippen molar-refractivity contribution >= 4 is 21.6 Å². The summed E-state index contributed by atoms with van der Waals surface area (Å²) in [6.45, 7) is 9.57. The molecule has 0 unspecified atom stereocenters. The molecule has 6 heteroatoms. The monoisotopic (exact) mass is 427 g/mol. The summed E-state index contributed by atoms with van der Waals surface area (Å²) in [5.41, 5.74) is 6.28. The summed E-state index contributed by atoms with van der Waals surface area (Å²) in [4.78, 5) is 13.4. The smallest absolute Gasteiger partial charge is 0.272 e. The van der Waals surface area contributed by atoms with Gasteiger partial charge in [-0.05, 0) is 63.3 Å². The molecule has 0 bridgehead atoms. The standard InChI is InChI=1S/C24H29NO4S/c1-16-8-7-9-20(12-16)24(4,5)25(29-30(6,27)28)23(26)15-21-18(3)14-19-11-10-17(2)13-22(19)21/h7-13H,14-15H2,1-6H3. The van der Waals surface area contributed by atoms with Gasteiger partial charge in [-0.15, -0.1) is 4.28 Å². The predicted molar refractivity (Wildman–Crippen MR) is 119 cm³/mol. The van der Waals surface area contributed by atoms with E-state index in [1.54, 1.807) is 13.8 Å². The summed E-state index contributed by atoms with van der Waals surface area (Å²) in [5.74, 6) is -0.393. The van der Waals surface area contributed by atoms with E-state index < -0.39 is 21.6 Å². The first-order chi connectivity index (χ1) is 13.9. The molecule has 2 aromatic rings. The molecule has 30 heavy (non-hydrogen) atoms. The number of nitrogens with zero attached hydrogens (tertiary/aromatic N) is 1. The number of amides is 1. The Kier molecular flexibility index (Phi) is 5.94. The minimum Gasteiger partial charge on any atom is -0.272 e. The average Bonchev–Trinajstić information content (AvgIpc) is 2.94. The zero-order valence-electron chi connectivity index (χ0n) is 18.4. The van der Waals surface area contributed by atoms with Gasteiger partial charge in [-0.25, -0.2) is 0 Å². The van der Waals surface area contributed by atoms with Crippen LogP contribution in [0.5, 0.6) is 0 Å². The lowest BCUT2D eigenvalue weighted by molar-refractivity contribution is -0.176. The molecule has 0 atom stereocenters. The van der Waals surface area contributed by atoms with Gasteiger partial charge in [0.2, 0.25) is 0 Å². The number of rotatable bonds is 6. The van der Waals surface area contributed by atoms with Crippen LogP contribution in [0.2, 0.25) is 0 Å². The predicted octanol–water partition coefficient (Wildman–Crippen LogP) is 4.68. The highest BCUT2D eigenvalue weighted by Gasteiger charge is 2.37. The van der Waals surface area contributed by atoms with Crippen LogP contribution < -0.4 is 0 Å². The highest BCUT2D eigenvalue weighted by atomic mass is 32.2. The van der Waals surface area contributed by atoms with Gasteiger partial charge in [0.1, 0.15) is 0 Å². The number of hydrogen-bond donors (Lipinski definition) is 0. The quantitative estimate of drug-likeness (QED) is 0.628. The molecule has 0 saturated heterocycles. The van der Waals surface area contributed by atoms with E-state index in [2.05, 4.69) is 18.2 Å². The second kappa shape index (κ2) is 8.00. The zero-order chi connectivity index (χ0) is 22.3. The fourth-order valence-corrected chi connectivity index (χ4v) is 4.48. The lowest BCUT2D eigenvalue weighted by Gasteiger charge is -2.36. The third-order valence-electron chi connectivity index (χ3n) is 5.56. The largest absolute Gasteiger partial charge is 0.285 e. The van der Waals surface area contributed by atoms with Crippen LogP contribution in [-0.2, 0) is 31.2 Å². The number of fused-ring (bicyclic) bond motifs is 1. The third-order valence-corrected chi connectivity index (χ3v) is 5.98. The van der Waals surface area contributed by atoms with Crippen molar-refractivity contribution in [3.8, 4) is 0 Å². The Labute approximate surface area is 179 Å². The first-order valence-electron chi connectivity index (χ1n) is 9.97. The maximum atomic E-state index is 13.4. The van der Waals surface area contributed by atoms with Crippen molar-refractivity contribution < 1.29 is 17.5 Å². The number of hydroxylamine groups is 2. The van der Waals surface area contributed by atoms with Gasteiger partial charge in [0, 0.05) is 0 Å². The van der Waals surface area contributed by atoms with Gasteiger partial charge < -0.3 is 0 Å². The van der Waals surface area contributed by atoms with Gasteiger partial charge >= 0.3 is 0 Å². The Balaban J connectivity index is 1.98. The third kappa shape index (κ3) is 4.65. The van der Waals surface area contributed by atoms with Crippen molar-refractivity contribution in [2.24, 2.45) is 0 Å². The van der Waals surface area contributed by atoms with E-state index >= 15 is 0 Å². The van der Waals surface area contributed by atoms with Crippen LogP contribution in [0.3, 0.4) is 0 Å². The van der Waals surface area contributed by atoms with E-state index in [1.807, 2.05) is 45.0 Å². The topological polar surface area (TPSA) is 63.7 Å². The van der Waals surface area contributed by atoms with Crippen molar-refractivity contribution in [1.82, 2.24) is 5.06 Å². The van der Waals surface area contributed by atoms with Gasteiger partial charge in [-0.1, -0.05) is 59.2 Å². The highest BCUT2D eigenvalue weighted by Crippen LogP contribution is 2.37. The van der Waals surface area contributed by atoms with Crippen LogP contribution in [0.4, 0.5) is 0 Å². The number of allylic oxidation sites excluding steroid dienone is 1. The molecule has 0 N–H and O–H groups in total. The molecule has 0 fully saturated rings. The molecule has 0 radical (unpaired) electrons. The fraction of sp³-hybridized carbons (Fsp3) is 0.375. The summed E-state index contributed by atoms with van der Waals surface area (Å²) >= 11 is 0. The normalized spacial score (nSPS) is 14.1. The van der Waals surface area contributed by atoms with E-state index in [-0.39, 0.29) is 6.42 Å². The summed E-state index contributed by atoms with van der Waals surface area (Å²) in [7, 11) is -3.89. The number of carbonyl (C=O) groups is 1. The van der Waals surface area contributed by atoms with Gasteiger partial charge in [-0.3, -0.25) is 4.79 Å². The minimum atomic E-state index is -3.89. The zero-order valence-corrected chi connectivity index (χ0v) is 19.3. The van der Waals surface area contributed by atoms with E-state index in [0.717, 1.165) is 51.1 Å². The number of benzene rings is 2. The minimum absolute atomic E-state index is 0.0764. The van der Waals surface area contributed by atoms with Crippen molar-refractivity contribution in [3.63, 3.8) is 0 Å². The van der Waals surface area contributed by atoms with Crippen LogP contribution >= 0.6 is 0 Å². The average molecular weight is 428 g/mol. The van der Waals surface area contributed by atoms with Gasteiger partial charge in [0.05, 0.1) is 18.2 Å². The summed E-state index contributed by atoms with van der Waals surface area (Å²) < 4.78 is 29.3. The molecule has 0 saturated carbocycles. The maximum absolute atomic E-state index is 13.4. The lowest BCUT2D eigenvalue weighted by Crippen LogP contribution is -2.46. The molecule has 3 rings (SSSR count). The van der Waals surface area contributed by atoms with Crippen LogP contribution in [0.15, 0.2) is 48.0 Å². The van der Waals surface area contributed by atoms with E-state index in [0.29, 0.717) is 0 Å². The molecule has 0 spiro atoms. The van der Waals surface area contributed by atoms with Crippen molar-refractivity contribution in [3.05, 3.63) is 75.9 Å². The molecule has 160 valence electrons. The van der Waals surface area contributed by atoms with Crippen LogP contribution in [0, 0.1) is 13.8 Å². The molecular weight excluding hydrogens is 398 g/mol. The second-order valence-corrected chi connectivity index (χ2v) is 10.2. The number of hydrogen-bond acceptors (Lipinski definition) is 4. The number of carbonyl (C=O) groups excluding carboxylic acids is 1. The molecule has 2 aromatic carbocycles. The van der Waals surface area contributed by atoms with Crippen molar-refractivity contribution in [2.45, 2.75) is 53.0 Å². The summed E-state index contributed by atoms with van der Waals surface area (Å²) in [6, 6.07) is 13.9. The molecule has 0 aliphatic heterocycles. The van der Waals surface area contributed by atoms with Crippen LogP contribution in [0.25, 0.3) is 5.57 Å². The molecule has 1 amide bonds. The molecule has 5 nitrogen and oxygen atoms in total. The Morgan fingerprint density at radius 2 is 1.73 bits per heavy atom. The molecule has 1 aliphatic rings. The molecule has 0 heterocycles. The van der Waals surface area contributed by atoms with Gasteiger partial charge in [0.15, 0.2) is 0 Å². The van der Waals surface area contributed by atoms with Crippen molar-refractivity contribution in [1.29, 1.82) is 0 Å². The summed E-state index contributed by atoms with van der Waals surface area (Å²) in [5, 5.41) is 1.02. The van der Waals surface area contributed by atoms with E-state index in [9.17, 15) is 13.2 Å². The highest BCUT2D eigenvalue weighted by molar-refractivity contribution is 7.85. The first-order valence-corrected chi connectivity index (χ1v) is 11.8. The van der Waals surface area contributed by atoms with Crippen LogP contribution in [-0.4, -0.2) is 25.6 Å². The second-order valence-electron chi connectivity index (χ2n) is 8.67. The lowest BCUT2D eigenvalue weighted by atomic mass is 9.91. The Morgan fingerprint density at radius 1 is 1.07 bits per heavy atom. The van der Waals surface area contributed by atoms with E-state index in [1.165, 1.54) is 5.56 Å². The molecule has 0 aromatic heterocycles. The van der Waals surface area contributed by atoms with E-state index in [4.69, 9.17) is 4.28 Å². The van der Waals surface area contributed by atoms with Gasteiger partial charge in [-0.2, -0.15) is 13.5 Å². The summed E-state index contributed by atoms with van der Waals surface area (Å²) in [6.07, 6.45) is 1.83. The maximum Gasteiger partial charge on any atom is 0.285 e. The first kappa shape index (κ1) is 22.2. The SMILES string of the molecule is CC1=C(CC(=O)N(OS(C)(=O)=O)C(C)(C)c2cccc(C)c2)c2cc(C)ccc2C1. The van der Waals surface area contributed by atoms with Gasteiger partial charge in [0.25, 0.3) is 16.0 Å². The fourth-order valence-electron chi connectivity index (χ4n) is 3.94. The number of aryl methyl sites for hydroxylation is 2. The Bertz CT molecular complexity index is 1130. The Morgan fingerprint density at radius 3 is 2.37 bits per heavy atom. The Hall–Kier alpha value is -2.44.